The molecule has 1 aliphatic carbocycles. The molecule has 10 heteroatoms. The van der Waals surface area contributed by atoms with E-state index in [9.17, 15) is 14.8 Å². The van der Waals surface area contributed by atoms with E-state index in [1.807, 2.05) is 30.3 Å². The van der Waals surface area contributed by atoms with E-state index in [2.05, 4.69) is 15.2 Å². The van der Waals surface area contributed by atoms with Gasteiger partial charge in [-0.15, -0.1) is 0 Å². The molecule has 0 radical (unpaired) electrons. The molecule has 3 heterocycles. The first-order valence-corrected chi connectivity index (χ1v) is 10.4. The highest BCUT2D eigenvalue weighted by Gasteiger charge is 2.20. The predicted octanol–water partition coefficient (Wildman–Crippen LogP) is 5.03. The van der Waals surface area contributed by atoms with E-state index in [4.69, 9.17) is 28.3 Å². The minimum atomic E-state index is -1.17. The third kappa shape index (κ3) is 4.52. The Morgan fingerprint density at radius 2 is 1.91 bits per heavy atom. The third-order valence-electron chi connectivity index (χ3n) is 4.90. The van der Waals surface area contributed by atoms with Crippen LogP contribution in [0.4, 0.5) is 0 Å². The molecule has 5 rings (SSSR count). The van der Waals surface area contributed by atoms with Gasteiger partial charge in [-0.3, -0.25) is 9.89 Å². The minimum absolute atomic E-state index is 0.122. The molecule has 0 fully saturated rings. The zero-order valence-electron chi connectivity index (χ0n) is 16.9. The number of ketones is 1. The highest BCUT2D eigenvalue weighted by molar-refractivity contribution is 6.45. The van der Waals surface area contributed by atoms with Crippen LogP contribution >= 0.6 is 23.2 Å². The van der Waals surface area contributed by atoms with Crippen molar-refractivity contribution in [2.75, 3.05) is 0 Å². The molecule has 3 aliphatic rings. The SMILES string of the molecule is O=C(O)C1=C(Cl)C(=O)CC=C1.On1cccc2c(-c3[nH]ncc3-c3cccc(Cl)c3)cnc1-2. The van der Waals surface area contributed by atoms with Crippen LogP contribution in [-0.2, 0) is 9.59 Å². The van der Waals surface area contributed by atoms with Gasteiger partial charge < -0.3 is 10.3 Å². The molecule has 33 heavy (non-hydrogen) atoms. The Hall–Kier alpha value is -3.88. The number of fused-ring (bicyclic) bond motifs is 1. The summed E-state index contributed by atoms with van der Waals surface area (Å²) in [4.78, 5) is 25.4. The summed E-state index contributed by atoms with van der Waals surface area (Å²) >= 11 is 11.5. The first kappa shape index (κ1) is 22.3. The largest absolute Gasteiger partial charge is 0.478 e. The van der Waals surface area contributed by atoms with Crippen molar-refractivity contribution < 1.29 is 19.9 Å². The number of hydrogen-bond donors (Lipinski definition) is 3. The minimum Gasteiger partial charge on any atom is -0.478 e. The second kappa shape index (κ2) is 9.32. The first-order chi connectivity index (χ1) is 15.9. The quantitative estimate of drug-likeness (QED) is 0.352. The van der Waals surface area contributed by atoms with Crippen LogP contribution in [0.1, 0.15) is 6.42 Å². The summed E-state index contributed by atoms with van der Waals surface area (Å²) in [5.74, 6) is -1.00. The fraction of sp³-hybridized carbons (Fsp3) is 0.0435. The van der Waals surface area contributed by atoms with Gasteiger partial charge in [-0.2, -0.15) is 9.83 Å². The maximum Gasteiger partial charge on any atom is 0.337 e. The number of rotatable bonds is 3. The monoisotopic (exact) mass is 482 g/mol. The summed E-state index contributed by atoms with van der Waals surface area (Å²) in [7, 11) is 0. The number of carboxylic acids is 1. The van der Waals surface area contributed by atoms with Crippen molar-refractivity contribution in [1.29, 1.82) is 0 Å². The zero-order chi connectivity index (χ0) is 23.5. The third-order valence-corrected chi connectivity index (χ3v) is 5.55. The van der Waals surface area contributed by atoms with Crippen LogP contribution in [-0.4, -0.2) is 42.0 Å². The number of aliphatic carboxylic acids is 1. The zero-order valence-corrected chi connectivity index (χ0v) is 18.4. The van der Waals surface area contributed by atoms with E-state index < -0.39 is 5.97 Å². The van der Waals surface area contributed by atoms with Crippen LogP contribution in [0.25, 0.3) is 33.8 Å². The Bertz CT molecular complexity index is 1390. The number of carboxylic acid groups (broad SMARTS) is 1. The fourth-order valence-corrected chi connectivity index (χ4v) is 3.76. The van der Waals surface area contributed by atoms with Crippen LogP contribution in [0, 0.1) is 0 Å². The van der Waals surface area contributed by atoms with Gasteiger partial charge in [0.2, 0.25) is 0 Å². The number of aromatic amines is 1. The molecule has 0 amide bonds. The van der Waals surface area contributed by atoms with Crippen molar-refractivity contribution in [3.8, 4) is 33.8 Å². The summed E-state index contributed by atoms with van der Waals surface area (Å²) in [5.41, 5.74) is 4.35. The smallest absolute Gasteiger partial charge is 0.337 e. The van der Waals surface area contributed by atoms with Crippen LogP contribution in [0.3, 0.4) is 0 Å². The van der Waals surface area contributed by atoms with Crippen molar-refractivity contribution in [2.24, 2.45) is 0 Å². The molecule has 3 N–H and O–H groups in total. The van der Waals surface area contributed by atoms with E-state index in [0.29, 0.717) is 10.8 Å². The van der Waals surface area contributed by atoms with E-state index in [0.717, 1.165) is 32.7 Å². The van der Waals surface area contributed by atoms with E-state index in [1.54, 1.807) is 24.7 Å². The number of carbonyl (C=O) groups is 2. The molecule has 1 aromatic carbocycles. The van der Waals surface area contributed by atoms with Crippen molar-refractivity contribution in [1.82, 2.24) is 19.9 Å². The number of nitrogens with zero attached hydrogens (tertiary/aromatic N) is 3. The van der Waals surface area contributed by atoms with Gasteiger partial charge >= 0.3 is 5.97 Å². The molecule has 8 nitrogen and oxygen atoms in total. The summed E-state index contributed by atoms with van der Waals surface area (Å²) < 4.78 is 1.01. The van der Waals surface area contributed by atoms with Gasteiger partial charge in [-0.05, 0) is 35.9 Å². The van der Waals surface area contributed by atoms with Crippen molar-refractivity contribution in [3.63, 3.8) is 0 Å². The van der Waals surface area contributed by atoms with Gasteiger partial charge in [0.25, 0.3) is 0 Å². The van der Waals surface area contributed by atoms with Gasteiger partial charge in [0.1, 0.15) is 0 Å². The van der Waals surface area contributed by atoms with Crippen LogP contribution in [0.5, 0.6) is 0 Å². The Balaban J connectivity index is 0.000000200. The summed E-state index contributed by atoms with van der Waals surface area (Å²) in [6, 6.07) is 11.3. The highest BCUT2D eigenvalue weighted by atomic mass is 35.5. The molecule has 0 bridgehead atoms. The number of H-pyrrole nitrogens is 1. The highest BCUT2D eigenvalue weighted by Crippen LogP contribution is 2.37. The van der Waals surface area contributed by atoms with Gasteiger partial charge in [-0.1, -0.05) is 41.4 Å². The number of aromatic nitrogens is 4. The Morgan fingerprint density at radius 3 is 2.64 bits per heavy atom. The number of allylic oxidation sites excluding steroid dienone is 2. The number of halogens is 2. The maximum absolute atomic E-state index is 10.8. The van der Waals surface area contributed by atoms with Crippen molar-refractivity contribution >= 4 is 35.0 Å². The Labute approximate surface area is 197 Å². The molecule has 166 valence electrons. The van der Waals surface area contributed by atoms with Crippen LogP contribution in [0.2, 0.25) is 5.02 Å². The molecular formula is C23H16Cl2N4O4. The van der Waals surface area contributed by atoms with Crippen LogP contribution in [0.15, 0.2) is 77.7 Å². The fourth-order valence-electron chi connectivity index (χ4n) is 3.35. The second-order valence-corrected chi connectivity index (χ2v) is 7.81. The summed E-state index contributed by atoms with van der Waals surface area (Å²) in [5, 5.41) is 25.9. The number of carbonyl (C=O) groups excluding carboxylic acids is 1. The van der Waals surface area contributed by atoms with E-state index in [-0.39, 0.29) is 22.8 Å². The molecule has 2 aliphatic heterocycles. The number of nitrogens with one attached hydrogen (secondary N) is 1. The van der Waals surface area contributed by atoms with E-state index in [1.165, 1.54) is 12.2 Å². The summed E-state index contributed by atoms with van der Waals surface area (Å²) in [6.07, 6.45) is 8.04. The van der Waals surface area contributed by atoms with E-state index >= 15 is 0 Å². The summed E-state index contributed by atoms with van der Waals surface area (Å²) in [6.45, 7) is 0. The average Bonchev–Trinajstić information content (AvgIpc) is 3.43. The van der Waals surface area contributed by atoms with Gasteiger partial charge in [0.15, 0.2) is 11.6 Å². The van der Waals surface area contributed by atoms with Crippen molar-refractivity contribution in [3.05, 3.63) is 82.8 Å². The molecule has 0 saturated carbocycles. The normalized spacial score (nSPS) is 13.2. The lowest BCUT2D eigenvalue weighted by molar-refractivity contribution is -0.132. The number of pyridine rings is 1. The average molecular weight is 483 g/mol. The number of Topliss-reactive ketones (excluding diaryl/α,β-unsaturated/α-hetero) is 1. The lowest BCUT2D eigenvalue weighted by Gasteiger charge is -2.06. The number of benzene rings is 1. The predicted molar refractivity (Wildman–Crippen MR) is 123 cm³/mol. The second-order valence-electron chi connectivity index (χ2n) is 6.99. The van der Waals surface area contributed by atoms with Crippen LogP contribution < -0.4 is 0 Å². The molecular weight excluding hydrogens is 467 g/mol. The standard InChI is InChI=1S/C16H11ClN4O.C7H5ClO3/c17-11-4-1-3-10(7-11)13-9-19-20-15(13)14-8-18-16-12(14)5-2-6-21(16)22;8-6-4(7(10)11)2-1-3-5(6)9/h1-9,22H,(H,19,20);1-2H,3H2,(H,10,11). The molecule has 0 atom stereocenters. The number of hydrogen-bond acceptors (Lipinski definition) is 5. The lowest BCUT2D eigenvalue weighted by atomic mass is 10.0. The Morgan fingerprint density at radius 1 is 1.09 bits per heavy atom. The van der Waals surface area contributed by atoms with Gasteiger partial charge in [0.05, 0.1) is 22.5 Å². The molecule has 2 aromatic rings. The topological polar surface area (TPSA) is 121 Å². The first-order valence-electron chi connectivity index (χ1n) is 9.64. The Kier molecular flexibility index (Phi) is 6.30. The van der Waals surface area contributed by atoms with Crippen molar-refractivity contribution in [2.45, 2.75) is 6.42 Å². The lowest BCUT2D eigenvalue weighted by Crippen LogP contribution is -2.09. The molecule has 0 saturated heterocycles. The molecule has 0 spiro atoms. The van der Waals surface area contributed by atoms with Gasteiger partial charge in [0, 0.05) is 40.5 Å². The molecule has 0 unspecified atom stereocenters. The van der Waals surface area contributed by atoms with Gasteiger partial charge in [-0.25, -0.2) is 9.78 Å². The maximum atomic E-state index is 10.8. The molecule has 1 aromatic heterocycles.